The maximum Gasteiger partial charge on any atom is 0.143 e. The van der Waals surface area contributed by atoms with Crippen molar-refractivity contribution in [2.45, 2.75) is 6.92 Å². The van der Waals surface area contributed by atoms with Crippen molar-refractivity contribution in [2.75, 3.05) is 17.6 Å². The van der Waals surface area contributed by atoms with Gasteiger partial charge in [0.1, 0.15) is 17.8 Å². The fourth-order valence-electron chi connectivity index (χ4n) is 2.07. The molecular weight excluding hydrogens is 238 g/mol. The van der Waals surface area contributed by atoms with Gasteiger partial charge in [-0.1, -0.05) is 12.1 Å². The molecule has 0 spiro atoms. The lowest BCUT2D eigenvalue weighted by atomic mass is 10.1. The molecular formula is C14H15N5. The summed E-state index contributed by atoms with van der Waals surface area (Å²) in [5.74, 6) is 0.852. The molecule has 5 heteroatoms. The number of H-pyrrole nitrogens is 1. The van der Waals surface area contributed by atoms with E-state index in [0.29, 0.717) is 0 Å². The molecule has 0 fully saturated rings. The summed E-state index contributed by atoms with van der Waals surface area (Å²) in [6.45, 7) is 2.87. The molecule has 96 valence electrons. The molecule has 0 unspecified atom stereocenters. The summed E-state index contributed by atoms with van der Waals surface area (Å²) in [4.78, 5) is 11.8. The quantitative estimate of drug-likeness (QED) is 0.627. The molecule has 0 amide bonds. The second kappa shape index (κ2) is 4.61. The largest absolute Gasteiger partial charge is 0.399 e. The molecule has 0 saturated heterocycles. The van der Waals surface area contributed by atoms with Gasteiger partial charge >= 0.3 is 0 Å². The van der Waals surface area contributed by atoms with E-state index in [1.807, 2.05) is 31.2 Å². The number of benzene rings is 1. The van der Waals surface area contributed by atoms with E-state index in [1.54, 1.807) is 6.33 Å². The average molecular weight is 253 g/mol. The van der Waals surface area contributed by atoms with Gasteiger partial charge in [-0.25, -0.2) is 9.97 Å². The number of nitrogens with one attached hydrogen (secondary N) is 2. The van der Waals surface area contributed by atoms with Crippen LogP contribution in [-0.2, 0) is 0 Å². The molecule has 4 N–H and O–H groups in total. The fourth-order valence-corrected chi connectivity index (χ4v) is 2.07. The first-order valence-corrected chi connectivity index (χ1v) is 6.21. The molecule has 3 aromatic rings. The normalized spacial score (nSPS) is 10.8. The Hall–Kier alpha value is -2.56. The Morgan fingerprint density at radius 3 is 2.74 bits per heavy atom. The Bertz CT molecular complexity index is 699. The molecule has 0 aliphatic rings. The maximum absolute atomic E-state index is 5.70. The predicted octanol–water partition coefficient (Wildman–Crippen LogP) is 2.64. The van der Waals surface area contributed by atoms with Crippen molar-refractivity contribution < 1.29 is 0 Å². The Kier molecular flexibility index (Phi) is 2.79. The van der Waals surface area contributed by atoms with Gasteiger partial charge in [0.15, 0.2) is 0 Å². The third-order valence-electron chi connectivity index (χ3n) is 2.99. The van der Waals surface area contributed by atoms with E-state index in [0.717, 1.165) is 40.3 Å². The topological polar surface area (TPSA) is 79.6 Å². The Morgan fingerprint density at radius 2 is 2.00 bits per heavy atom. The summed E-state index contributed by atoms with van der Waals surface area (Å²) in [5.41, 5.74) is 9.38. The van der Waals surface area contributed by atoms with Gasteiger partial charge < -0.3 is 16.0 Å². The summed E-state index contributed by atoms with van der Waals surface area (Å²) in [5, 5.41) is 4.23. The van der Waals surface area contributed by atoms with Crippen LogP contribution < -0.4 is 11.1 Å². The number of anilines is 2. The third-order valence-corrected chi connectivity index (χ3v) is 2.99. The Labute approximate surface area is 110 Å². The van der Waals surface area contributed by atoms with Crippen molar-refractivity contribution in [1.29, 1.82) is 0 Å². The molecule has 2 aromatic heterocycles. The summed E-state index contributed by atoms with van der Waals surface area (Å²) in [7, 11) is 0. The van der Waals surface area contributed by atoms with E-state index in [2.05, 4.69) is 26.3 Å². The van der Waals surface area contributed by atoms with Gasteiger partial charge in [-0.2, -0.15) is 0 Å². The summed E-state index contributed by atoms with van der Waals surface area (Å²) < 4.78 is 0. The molecule has 0 atom stereocenters. The number of aromatic amines is 1. The van der Waals surface area contributed by atoms with Crippen LogP contribution in [0.25, 0.3) is 22.3 Å². The number of hydrogen-bond donors (Lipinski definition) is 3. The van der Waals surface area contributed by atoms with Crippen LogP contribution in [0, 0.1) is 0 Å². The molecule has 3 rings (SSSR count). The third kappa shape index (κ3) is 2.10. The lowest BCUT2D eigenvalue weighted by Crippen LogP contribution is -1.99. The number of nitrogens with zero attached hydrogens (tertiary/aromatic N) is 2. The van der Waals surface area contributed by atoms with Crippen molar-refractivity contribution in [3.05, 3.63) is 36.7 Å². The minimum absolute atomic E-state index is 0.757. The first kappa shape index (κ1) is 11.5. The first-order valence-electron chi connectivity index (χ1n) is 6.21. The number of rotatable bonds is 3. The first-order chi connectivity index (χ1) is 9.28. The Morgan fingerprint density at radius 1 is 1.21 bits per heavy atom. The zero-order valence-electron chi connectivity index (χ0n) is 10.6. The van der Waals surface area contributed by atoms with Crippen LogP contribution in [0.5, 0.6) is 0 Å². The van der Waals surface area contributed by atoms with Gasteiger partial charge in [-0.3, -0.25) is 0 Å². The van der Waals surface area contributed by atoms with Crippen LogP contribution in [0.4, 0.5) is 11.5 Å². The van der Waals surface area contributed by atoms with Gasteiger partial charge in [-0.15, -0.1) is 0 Å². The van der Waals surface area contributed by atoms with Crippen LogP contribution in [0.3, 0.4) is 0 Å². The van der Waals surface area contributed by atoms with Gasteiger partial charge in [0, 0.05) is 17.9 Å². The number of nitrogen functional groups attached to an aromatic ring is 1. The van der Waals surface area contributed by atoms with E-state index >= 15 is 0 Å². The highest BCUT2D eigenvalue weighted by atomic mass is 15.0. The minimum atomic E-state index is 0.757. The second-order valence-corrected chi connectivity index (χ2v) is 4.32. The van der Waals surface area contributed by atoms with Crippen molar-refractivity contribution >= 4 is 22.5 Å². The summed E-state index contributed by atoms with van der Waals surface area (Å²) >= 11 is 0. The molecule has 0 aliphatic heterocycles. The van der Waals surface area contributed by atoms with Crippen molar-refractivity contribution in [3.8, 4) is 11.3 Å². The van der Waals surface area contributed by atoms with E-state index < -0.39 is 0 Å². The second-order valence-electron chi connectivity index (χ2n) is 4.32. The number of fused-ring (bicyclic) bond motifs is 1. The molecule has 19 heavy (non-hydrogen) atoms. The Balaban J connectivity index is 2.11. The molecule has 0 bridgehead atoms. The van der Waals surface area contributed by atoms with Crippen molar-refractivity contribution in [2.24, 2.45) is 0 Å². The summed E-state index contributed by atoms with van der Waals surface area (Å²) in [6, 6.07) is 9.80. The minimum Gasteiger partial charge on any atom is -0.399 e. The van der Waals surface area contributed by atoms with Gasteiger partial charge in [-0.05, 0) is 30.7 Å². The SMILES string of the molecule is CCNc1ncnc2[nH]c(-c3ccc(N)cc3)cc12. The van der Waals surface area contributed by atoms with Crippen LogP contribution >= 0.6 is 0 Å². The lowest BCUT2D eigenvalue weighted by molar-refractivity contribution is 1.14. The molecule has 2 heterocycles. The van der Waals surface area contributed by atoms with Gasteiger partial charge in [0.05, 0.1) is 5.39 Å². The standard InChI is InChI=1S/C14H15N5/c1-2-16-13-11-7-12(19-14(11)18-8-17-13)9-3-5-10(15)6-4-9/h3-8H,2,15H2,1H3,(H2,16,17,18,19). The molecule has 0 saturated carbocycles. The number of aromatic nitrogens is 3. The molecule has 0 radical (unpaired) electrons. The molecule has 0 aliphatic carbocycles. The monoisotopic (exact) mass is 253 g/mol. The van der Waals surface area contributed by atoms with E-state index in [4.69, 9.17) is 5.73 Å². The van der Waals surface area contributed by atoms with Gasteiger partial charge in [0.2, 0.25) is 0 Å². The van der Waals surface area contributed by atoms with Crippen molar-refractivity contribution in [3.63, 3.8) is 0 Å². The zero-order chi connectivity index (χ0) is 13.2. The lowest BCUT2D eigenvalue weighted by Gasteiger charge is -2.01. The highest BCUT2D eigenvalue weighted by Gasteiger charge is 2.08. The zero-order valence-corrected chi connectivity index (χ0v) is 10.6. The molecule has 1 aromatic carbocycles. The highest BCUT2D eigenvalue weighted by Crippen LogP contribution is 2.26. The molecule has 5 nitrogen and oxygen atoms in total. The highest BCUT2D eigenvalue weighted by molar-refractivity contribution is 5.91. The predicted molar refractivity (Wildman–Crippen MR) is 77.9 cm³/mol. The smallest absolute Gasteiger partial charge is 0.143 e. The van der Waals surface area contributed by atoms with E-state index in [-0.39, 0.29) is 0 Å². The fraction of sp³-hybridized carbons (Fsp3) is 0.143. The number of nitrogens with two attached hydrogens (primary N) is 1. The van der Waals surface area contributed by atoms with Crippen molar-refractivity contribution in [1.82, 2.24) is 15.0 Å². The van der Waals surface area contributed by atoms with Crippen LogP contribution in [0.2, 0.25) is 0 Å². The van der Waals surface area contributed by atoms with Crippen LogP contribution in [-0.4, -0.2) is 21.5 Å². The van der Waals surface area contributed by atoms with E-state index in [1.165, 1.54) is 0 Å². The average Bonchev–Trinajstić information content (AvgIpc) is 2.85. The number of hydrogen-bond acceptors (Lipinski definition) is 4. The van der Waals surface area contributed by atoms with Gasteiger partial charge in [0.25, 0.3) is 0 Å². The van der Waals surface area contributed by atoms with Crippen LogP contribution in [0.1, 0.15) is 6.92 Å². The van der Waals surface area contributed by atoms with E-state index in [9.17, 15) is 0 Å². The maximum atomic E-state index is 5.70. The van der Waals surface area contributed by atoms with Crippen LogP contribution in [0.15, 0.2) is 36.7 Å². The summed E-state index contributed by atoms with van der Waals surface area (Å²) in [6.07, 6.45) is 1.56.